The molecule has 0 amide bonds. The smallest absolute Gasteiger partial charge is 0.203 e. The van der Waals surface area contributed by atoms with E-state index in [1.165, 1.54) is 0 Å². The van der Waals surface area contributed by atoms with Gasteiger partial charge in [-0.1, -0.05) is 35.5 Å². The molecule has 2 heterocycles. The molecular weight excluding hydrogens is 368 g/mol. The van der Waals surface area contributed by atoms with Gasteiger partial charge in [-0.3, -0.25) is 10.1 Å². The van der Waals surface area contributed by atoms with Crippen molar-refractivity contribution in [2.75, 3.05) is 21.3 Å². The van der Waals surface area contributed by atoms with Crippen molar-refractivity contribution >= 4 is 0 Å². The maximum atomic E-state index is 5.46. The van der Waals surface area contributed by atoms with Crippen molar-refractivity contribution in [2.45, 2.75) is 0 Å². The number of hydrogen-bond donors (Lipinski definition) is 1. The maximum Gasteiger partial charge on any atom is 0.203 e. The fourth-order valence-corrected chi connectivity index (χ4v) is 3.19. The van der Waals surface area contributed by atoms with Crippen LogP contribution < -0.4 is 14.2 Å². The molecule has 7 nitrogen and oxygen atoms in total. The zero-order valence-corrected chi connectivity index (χ0v) is 16.3. The van der Waals surface area contributed by atoms with Gasteiger partial charge in [0.15, 0.2) is 11.5 Å². The number of aromatic nitrogens is 4. The number of aromatic amines is 1. The summed E-state index contributed by atoms with van der Waals surface area (Å²) in [6.07, 6.45) is 1.78. The fraction of sp³-hybridized carbons (Fsp3) is 0.136. The van der Waals surface area contributed by atoms with E-state index in [9.17, 15) is 0 Å². The molecule has 0 saturated carbocycles. The van der Waals surface area contributed by atoms with E-state index in [2.05, 4.69) is 20.4 Å². The predicted octanol–water partition coefficient (Wildman–Crippen LogP) is 4.23. The van der Waals surface area contributed by atoms with E-state index in [4.69, 9.17) is 14.2 Å². The first-order valence-electron chi connectivity index (χ1n) is 8.98. The summed E-state index contributed by atoms with van der Waals surface area (Å²) in [5, 5.41) is 11.3. The summed E-state index contributed by atoms with van der Waals surface area (Å²) in [7, 11) is 4.74. The molecule has 1 N–H and O–H groups in total. The van der Waals surface area contributed by atoms with Crippen molar-refractivity contribution in [3.63, 3.8) is 0 Å². The van der Waals surface area contributed by atoms with Gasteiger partial charge in [0, 0.05) is 22.9 Å². The van der Waals surface area contributed by atoms with E-state index in [-0.39, 0.29) is 0 Å². The van der Waals surface area contributed by atoms with E-state index in [1.54, 1.807) is 27.5 Å². The number of nitrogens with one attached hydrogen (secondary N) is 1. The molecule has 4 rings (SSSR count). The van der Waals surface area contributed by atoms with Crippen molar-refractivity contribution in [1.29, 1.82) is 0 Å². The molecule has 0 unspecified atom stereocenters. The van der Waals surface area contributed by atoms with Crippen LogP contribution in [0.3, 0.4) is 0 Å². The summed E-state index contributed by atoms with van der Waals surface area (Å²) in [4.78, 5) is 4.39. The van der Waals surface area contributed by atoms with Crippen LogP contribution >= 0.6 is 0 Å². The molecule has 0 aliphatic rings. The number of pyridine rings is 1. The van der Waals surface area contributed by atoms with Gasteiger partial charge in [-0.05, 0) is 24.3 Å². The molecule has 0 fully saturated rings. The Hall–Kier alpha value is -3.87. The van der Waals surface area contributed by atoms with Crippen molar-refractivity contribution in [1.82, 2.24) is 20.4 Å². The van der Waals surface area contributed by atoms with Crippen LogP contribution in [0.5, 0.6) is 17.2 Å². The molecule has 29 heavy (non-hydrogen) atoms. The molecule has 0 radical (unpaired) electrons. The van der Waals surface area contributed by atoms with Gasteiger partial charge in [-0.2, -0.15) is 0 Å². The minimum atomic E-state index is 0.531. The normalized spacial score (nSPS) is 10.6. The molecule has 0 saturated heterocycles. The van der Waals surface area contributed by atoms with Crippen molar-refractivity contribution < 1.29 is 14.2 Å². The van der Waals surface area contributed by atoms with Gasteiger partial charge in [0.05, 0.1) is 32.7 Å². The van der Waals surface area contributed by atoms with Crippen molar-refractivity contribution in [3.8, 4) is 51.0 Å². The molecular formula is C22H20N4O3. The first-order valence-corrected chi connectivity index (χ1v) is 8.98. The van der Waals surface area contributed by atoms with Crippen LogP contribution in [0.25, 0.3) is 33.8 Å². The summed E-state index contributed by atoms with van der Waals surface area (Å²) in [5.74, 6) is 1.64. The number of ether oxygens (including phenoxy) is 3. The molecule has 2 aromatic carbocycles. The van der Waals surface area contributed by atoms with Gasteiger partial charge in [-0.25, -0.2) is 0 Å². The van der Waals surface area contributed by atoms with Crippen molar-refractivity contribution in [2.24, 2.45) is 0 Å². The lowest BCUT2D eigenvalue weighted by Crippen LogP contribution is -1.96. The van der Waals surface area contributed by atoms with Crippen LogP contribution in [0.2, 0.25) is 0 Å². The third-order valence-electron chi connectivity index (χ3n) is 4.62. The Morgan fingerprint density at radius 3 is 2.03 bits per heavy atom. The molecule has 146 valence electrons. The lowest BCUT2D eigenvalue weighted by Gasteiger charge is -2.13. The summed E-state index contributed by atoms with van der Waals surface area (Å²) in [6.45, 7) is 0. The lowest BCUT2D eigenvalue weighted by molar-refractivity contribution is 0.324. The highest BCUT2D eigenvalue weighted by Gasteiger charge is 2.18. The molecule has 0 spiro atoms. The zero-order chi connectivity index (χ0) is 20.2. The largest absolute Gasteiger partial charge is 0.493 e. The highest BCUT2D eigenvalue weighted by atomic mass is 16.5. The van der Waals surface area contributed by atoms with Crippen LogP contribution in [0, 0.1) is 0 Å². The van der Waals surface area contributed by atoms with Gasteiger partial charge in [0.25, 0.3) is 0 Å². The number of H-pyrrole nitrogens is 1. The van der Waals surface area contributed by atoms with Crippen LogP contribution in [-0.2, 0) is 0 Å². The number of benzene rings is 2. The third-order valence-corrected chi connectivity index (χ3v) is 4.62. The SMILES string of the molecule is COc1cc(-c2nn[nH]c2-c2ccc(-c3ccccn3)cc2)cc(OC)c1OC. The number of nitrogens with zero attached hydrogens (tertiary/aromatic N) is 3. The average Bonchev–Trinajstić information content (AvgIpc) is 3.28. The van der Waals surface area contributed by atoms with E-state index in [0.29, 0.717) is 22.9 Å². The van der Waals surface area contributed by atoms with Crippen LogP contribution in [-0.4, -0.2) is 41.7 Å². The number of methoxy groups -OCH3 is 3. The van der Waals surface area contributed by atoms with E-state index < -0.39 is 0 Å². The Labute approximate surface area is 168 Å². The molecule has 7 heteroatoms. The topological polar surface area (TPSA) is 82.2 Å². The Kier molecular flexibility index (Phi) is 5.11. The molecule has 2 aromatic heterocycles. The Morgan fingerprint density at radius 2 is 1.45 bits per heavy atom. The highest BCUT2D eigenvalue weighted by Crippen LogP contribution is 2.42. The first-order chi connectivity index (χ1) is 14.2. The maximum absolute atomic E-state index is 5.46. The van der Waals surface area contributed by atoms with Crippen LogP contribution in [0.15, 0.2) is 60.8 Å². The highest BCUT2D eigenvalue weighted by molar-refractivity contribution is 5.81. The second kappa shape index (κ2) is 8.02. The Morgan fingerprint density at radius 1 is 0.759 bits per heavy atom. The van der Waals surface area contributed by atoms with Gasteiger partial charge < -0.3 is 14.2 Å². The summed E-state index contributed by atoms with van der Waals surface area (Å²) in [6, 6.07) is 17.6. The molecule has 4 aromatic rings. The van der Waals surface area contributed by atoms with Crippen molar-refractivity contribution in [3.05, 3.63) is 60.8 Å². The lowest BCUT2D eigenvalue weighted by atomic mass is 10.0. The van der Waals surface area contributed by atoms with Gasteiger partial charge in [0.2, 0.25) is 5.75 Å². The molecule has 0 aliphatic carbocycles. The molecule has 0 atom stereocenters. The van der Waals surface area contributed by atoms with Crippen LogP contribution in [0.1, 0.15) is 0 Å². The molecule has 0 bridgehead atoms. The Bertz CT molecular complexity index is 1080. The molecule has 0 aliphatic heterocycles. The van der Waals surface area contributed by atoms with Gasteiger partial charge in [0.1, 0.15) is 5.69 Å². The summed E-state index contributed by atoms with van der Waals surface area (Å²) >= 11 is 0. The monoisotopic (exact) mass is 388 g/mol. The summed E-state index contributed by atoms with van der Waals surface area (Å²) < 4.78 is 16.3. The minimum absolute atomic E-state index is 0.531. The fourth-order valence-electron chi connectivity index (χ4n) is 3.19. The Balaban J connectivity index is 1.74. The summed E-state index contributed by atoms with van der Waals surface area (Å²) in [5.41, 5.74) is 5.21. The number of hydrogen-bond acceptors (Lipinski definition) is 6. The average molecular weight is 388 g/mol. The van der Waals surface area contributed by atoms with Gasteiger partial charge in [-0.15, -0.1) is 5.10 Å². The van der Waals surface area contributed by atoms with E-state index in [0.717, 1.165) is 28.1 Å². The van der Waals surface area contributed by atoms with E-state index in [1.807, 2.05) is 54.6 Å². The van der Waals surface area contributed by atoms with Crippen LogP contribution in [0.4, 0.5) is 0 Å². The second-order valence-corrected chi connectivity index (χ2v) is 6.24. The second-order valence-electron chi connectivity index (χ2n) is 6.24. The zero-order valence-electron chi connectivity index (χ0n) is 16.3. The minimum Gasteiger partial charge on any atom is -0.493 e. The first kappa shape index (κ1) is 18.5. The quantitative estimate of drug-likeness (QED) is 0.532. The number of rotatable bonds is 6. The van der Waals surface area contributed by atoms with E-state index >= 15 is 0 Å². The standard InChI is InChI=1S/C22H20N4O3/c1-27-18-12-16(13-19(28-2)22(18)29-3)21-20(24-26-25-21)15-9-7-14(8-10-15)17-6-4-5-11-23-17/h4-13H,1-3H3,(H,24,25,26). The third kappa shape index (κ3) is 3.50. The van der Waals surface area contributed by atoms with Gasteiger partial charge >= 0.3 is 0 Å². The predicted molar refractivity (Wildman–Crippen MR) is 110 cm³/mol.